The number of nitrogens with one attached hydrogen (secondary N) is 1. The second-order valence-corrected chi connectivity index (χ2v) is 7.67. The van der Waals surface area contributed by atoms with Gasteiger partial charge in [0, 0.05) is 0 Å². The van der Waals surface area contributed by atoms with Gasteiger partial charge >= 0.3 is 0 Å². The fraction of sp³-hybridized carbons (Fsp3) is 0.353. The predicted molar refractivity (Wildman–Crippen MR) is 90.4 cm³/mol. The van der Waals surface area contributed by atoms with Crippen LogP contribution in [0.2, 0.25) is 0 Å². The molecule has 0 bridgehead atoms. The summed E-state index contributed by atoms with van der Waals surface area (Å²) in [7, 11) is -3.59. The lowest BCUT2D eigenvalue weighted by Gasteiger charge is -2.20. The van der Waals surface area contributed by atoms with Gasteiger partial charge in [-0.3, -0.25) is 0 Å². The first-order chi connectivity index (χ1) is 10.4. The molecule has 1 N–H and O–H groups in total. The summed E-state index contributed by atoms with van der Waals surface area (Å²) in [5.74, 6) is 1.05. The molecule has 0 aromatic heterocycles. The molecule has 1 heterocycles. The van der Waals surface area contributed by atoms with Crippen LogP contribution in [-0.4, -0.2) is 14.8 Å². The maximum atomic E-state index is 12.1. The number of benzene rings is 1. The van der Waals surface area contributed by atoms with Gasteiger partial charge in [0.15, 0.2) is 0 Å². The Morgan fingerprint density at radius 2 is 2.05 bits per heavy atom. The largest absolute Gasteiger partial charge is 0.345 e. The molecule has 0 saturated heterocycles. The molecular weight excluding hydrogens is 296 g/mol. The summed E-state index contributed by atoms with van der Waals surface area (Å²) in [4.78, 5) is 0.242. The zero-order chi connectivity index (χ0) is 15.9. The summed E-state index contributed by atoms with van der Waals surface area (Å²) in [6.07, 6.45) is 6.55. The molecule has 2 aliphatic rings. The second kappa shape index (κ2) is 5.39. The average Bonchev–Trinajstić information content (AvgIpc) is 2.61. The number of hydrogen-bond acceptors (Lipinski definition) is 3. The van der Waals surface area contributed by atoms with E-state index in [4.69, 9.17) is 0 Å². The first-order valence-corrected chi connectivity index (χ1v) is 8.91. The van der Waals surface area contributed by atoms with Crippen molar-refractivity contribution in [1.82, 2.24) is 0 Å². The number of anilines is 1. The Kier molecular flexibility index (Phi) is 3.68. The molecule has 1 aliphatic carbocycles. The number of allylic oxidation sites excluding steroid dienone is 4. The molecule has 0 amide bonds. The van der Waals surface area contributed by atoms with Gasteiger partial charge in [0.1, 0.15) is 11.2 Å². The molecule has 1 aromatic rings. The molecule has 2 unspecified atom stereocenters. The third kappa shape index (κ3) is 2.50. The van der Waals surface area contributed by atoms with Crippen LogP contribution in [0.5, 0.6) is 0 Å². The van der Waals surface area contributed by atoms with Crippen molar-refractivity contribution >= 4 is 27.6 Å². The highest BCUT2D eigenvalue weighted by Gasteiger charge is 2.23. The highest BCUT2D eigenvalue weighted by atomic mass is 32.2. The summed E-state index contributed by atoms with van der Waals surface area (Å²) in [6, 6.07) is 5.49. The summed E-state index contributed by atoms with van der Waals surface area (Å²) in [5.41, 5.74) is 3.92. The highest BCUT2D eigenvalue weighted by molar-refractivity contribution is 7.90. The molecule has 0 saturated carbocycles. The SMILES string of the molecule is CC1=C(c2ccc3c(c2)S(=O)(=O)N=CN3)C=CCC(C)C1C. The van der Waals surface area contributed by atoms with Crippen LogP contribution < -0.4 is 5.32 Å². The third-order valence-corrected chi connectivity index (χ3v) is 6.01. The number of hydrogen-bond donors (Lipinski definition) is 1. The molecule has 3 rings (SSSR count). The van der Waals surface area contributed by atoms with Crippen molar-refractivity contribution in [3.63, 3.8) is 0 Å². The maximum Gasteiger partial charge on any atom is 0.285 e. The van der Waals surface area contributed by atoms with E-state index in [-0.39, 0.29) is 4.90 Å². The van der Waals surface area contributed by atoms with Crippen molar-refractivity contribution < 1.29 is 8.42 Å². The van der Waals surface area contributed by atoms with E-state index in [9.17, 15) is 8.42 Å². The highest BCUT2D eigenvalue weighted by Crippen LogP contribution is 2.36. The van der Waals surface area contributed by atoms with Crippen LogP contribution in [-0.2, 0) is 10.0 Å². The van der Waals surface area contributed by atoms with Crippen LogP contribution in [0.4, 0.5) is 5.69 Å². The van der Waals surface area contributed by atoms with Crippen LogP contribution >= 0.6 is 0 Å². The number of sulfonamides is 1. The van der Waals surface area contributed by atoms with Gasteiger partial charge in [-0.2, -0.15) is 8.42 Å². The molecule has 1 aliphatic heterocycles. The van der Waals surface area contributed by atoms with E-state index in [0.717, 1.165) is 17.6 Å². The topological polar surface area (TPSA) is 58.5 Å². The lowest BCUT2D eigenvalue weighted by molar-refractivity contribution is 0.449. The smallest absolute Gasteiger partial charge is 0.285 e. The molecule has 0 fully saturated rings. The normalized spacial score (nSPS) is 26.3. The lowest BCUT2D eigenvalue weighted by Crippen LogP contribution is -2.12. The zero-order valence-corrected chi connectivity index (χ0v) is 13.8. The first kappa shape index (κ1) is 15.0. The third-order valence-electron chi connectivity index (χ3n) is 4.74. The van der Waals surface area contributed by atoms with Crippen molar-refractivity contribution in [2.75, 3.05) is 5.32 Å². The Labute approximate surface area is 131 Å². The molecule has 116 valence electrons. The minimum Gasteiger partial charge on any atom is -0.345 e. The summed E-state index contributed by atoms with van der Waals surface area (Å²) in [6.45, 7) is 6.61. The molecule has 22 heavy (non-hydrogen) atoms. The van der Waals surface area contributed by atoms with Crippen LogP contribution in [0.1, 0.15) is 32.8 Å². The maximum absolute atomic E-state index is 12.1. The van der Waals surface area contributed by atoms with Crippen molar-refractivity contribution in [2.24, 2.45) is 16.2 Å². The van der Waals surface area contributed by atoms with Crippen molar-refractivity contribution in [3.8, 4) is 0 Å². The van der Waals surface area contributed by atoms with Crippen LogP contribution in [0.15, 0.2) is 45.2 Å². The minimum absolute atomic E-state index is 0.242. The molecule has 4 nitrogen and oxygen atoms in total. The average molecular weight is 316 g/mol. The Balaban J connectivity index is 2.14. The van der Waals surface area contributed by atoms with Gasteiger partial charge in [-0.05, 0) is 48.4 Å². The first-order valence-electron chi connectivity index (χ1n) is 7.47. The summed E-state index contributed by atoms with van der Waals surface area (Å²) >= 11 is 0. The predicted octanol–water partition coefficient (Wildman–Crippen LogP) is 3.83. The van der Waals surface area contributed by atoms with Gasteiger partial charge in [0.05, 0.1) is 5.69 Å². The molecule has 5 heteroatoms. The summed E-state index contributed by atoms with van der Waals surface area (Å²) in [5, 5.41) is 2.88. The monoisotopic (exact) mass is 316 g/mol. The minimum atomic E-state index is -3.59. The molecule has 1 aromatic carbocycles. The van der Waals surface area contributed by atoms with Gasteiger partial charge in [-0.1, -0.05) is 37.6 Å². The Bertz CT molecular complexity index is 804. The van der Waals surface area contributed by atoms with E-state index >= 15 is 0 Å². The number of fused-ring (bicyclic) bond motifs is 1. The van der Waals surface area contributed by atoms with Crippen LogP contribution in [0, 0.1) is 11.8 Å². The molecular formula is C17H20N2O2S. The van der Waals surface area contributed by atoms with Crippen LogP contribution in [0.3, 0.4) is 0 Å². The Morgan fingerprint density at radius 3 is 2.82 bits per heavy atom. The number of rotatable bonds is 1. The molecule has 2 atom stereocenters. The second-order valence-electron chi connectivity index (χ2n) is 6.07. The van der Waals surface area contributed by atoms with Gasteiger partial charge in [-0.15, -0.1) is 4.40 Å². The quantitative estimate of drug-likeness (QED) is 0.856. The van der Waals surface area contributed by atoms with E-state index in [1.54, 1.807) is 12.1 Å². The van der Waals surface area contributed by atoms with Gasteiger partial charge in [-0.25, -0.2) is 0 Å². The van der Waals surface area contributed by atoms with E-state index < -0.39 is 10.0 Å². The van der Waals surface area contributed by atoms with Crippen molar-refractivity contribution in [2.45, 2.75) is 32.1 Å². The van der Waals surface area contributed by atoms with Gasteiger partial charge in [0.2, 0.25) is 0 Å². The van der Waals surface area contributed by atoms with E-state index in [1.807, 2.05) is 6.07 Å². The molecule has 0 spiro atoms. The van der Waals surface area contributed by atoms with Crippen molar-refractivity contribution in [1.29, 1.82) is 0 Å². The summed E-state index contributed by atoms with van der Waals surface area (Å²) < 4.78 is 27.8. The van der Waals surface area contributed by atoms with Gasteiger partial charge in [0.25, 0.3) is 10.0 Å². The van der Waals surface area contributed by atoms with E-state index in [0.29, 0.717) is 17.5 Å². The number of nitrogens with zero attached hydrogens (tertiary/aromatic N) is 1. The van der Waals surface area contributed by atoms with E-state index in [2.05, 4.69) is 42.6 Å². The standard InChI is InChI=1S/C17H20N2O2S/c1-11-5-4-6-15(13(3)12(11)2)14-7-8-16-17(9-14)22(20,21)19-10-18-16/h4,6-12H,5H2,1-3H3,(H,18,19). The fourth-order valence-electron chi connectivity index (χ4n) is 2.98. The van der Waals surface area contributed by atoms with E-state index in [1.165, 1.54) is 11.9 Å². The van der Waals surface area contributed by atoms with Crippen molar-refractivity contribution in [3.05, 3.63) is 41.5 Å². The Hall–Kier alpha value is -1.88. The molecule has 0 radical (unpaired) electrons. The fourth-order valence-corrected chi connectivity index (χ4v) is 3.96. The Morgan fingerprint density at radius 1 is 1.27 bits per heavy atom. The van der Waals surface area contributed by atoms with Crippen LogP contribution in [0.25, 0.3) is 5.57 Å². The lowest BCUT2D eigenvalue weighted by atomic mass is 9.86. The zero-order valence-electron chi connectivity index (χ0n) is 13.0. The van der Waals surface area contributed by atoms with Gasteiger partial charge < -0.3 is 5.32 Å².